The second-order valence-electron chi connectivity index (χ2n) is 4.55. The highest BCUT2D eigenvalue weighted by molar-refractivity contribution is 7.09. The van der Waals surface area contributed by atoms with Gasteiger partial charge in [0.1, 0.15) is 0 Å². The molecule has 6 heteroatoms. The number of aliphatic hydroxyl groups is 1. The Hall–Kier alpha value is -0.980. The van der Waals surface area contributed by atoms with Crippen molar-refractivity contribution in [3.05, 3.63) is 16.1 Å². The van der Waals surface area contributed by atoms with Gasteiger partial charge >= 0.3 is 0 Å². The van der Waals surface area contributed by atoms with Crippen LogP contribution in [0.4, 0.5) is 0 Å². The Morgan fingerprint density at radius 3 is 3.11 bits per heavy atom. The summed E-state index contributed by atoms with van der Waals surface area (Å²) in [6.45, 7) is 3.96. The van der Waals surface area contributed by atoms with Gasteiger partial charge in [0.25, 0.3) is 0 Å². The molecule has 1 amide bonds. The third kappa shape index (κ3) is 3.51. The minimum atomic E-state index is -0.351. The SMILES string of the molecule is CCc1nc(CC(=O)NCC2CNCC2O)cs1. The summed E-state index contributed by atoms with van der Waals surface area (Å²) < 4.78 is 0. The predicted octanol–water partition coefficient (Wildman–Crippen LogP) is -0.0555. The van der Waals surface area contributed by atoms with Crippen LogP contribution < -0.4 is 10.6 Å². The molecule has 100 valence electrons. The van der Waals surface area contributed by atoms with Gasteiger partial charge in [-0.05, 0) is 6.42 Å². The highest BCUT2D eigenvalue weighted by Crippen LogP contribution is 2.11. The van der Waals surface area contributed by atoms with Crippen molar-refractivity contribution in [1.29, 1.82) is 0 Å². The summed E-state index contributed by atoms with van der Waals surface area (Å²) >= 11 is 1.59. The number of aliphatic hydroxyl groups excluding tert-OH is 1. The number of rotatable bonds is 5. The number of nitrogens with one attached hydrogen (secondary N) is 2. The Balaban J connectivity index is 1.74. The molecular weight excluding hydrogens is 250 g/mol. The lowest BCUT2D eigenvalue weighted by molar-refractivity contribution is -0.120. The molecule has 5 nitrogen and oxygen atoms in total. The van der Waals surface area contributed by atoms with E-state index >= 15 is 0 Å². The van der Waals surface area contributed by atoms with Crippen molar-refractivity contribution < 1.29 is 9.90 Å². The Morgan fingerprint density at radius 2 is 2.50 bits per heavy atom. The molecule has 1 aliphatic rings. The molecule has 1 fully saturated rings. The molecule has 3 N–H and O–H groups in total. The molecule has 1 saturated heterocycles. The second kappa shape index (κ2) is 6.26. The first-order valence-corrected chi connectivity index (χ1v) is 7.15. The standard InChI is InChI=1S/C12H19N3O2S/c1-2-12-15-9(7-18-12)3-11(17)14-5-8-4-13-6-10(8)16/h7-8,10,13,16H,2-6H2,1H3,(H,14,17). The molecule has 1 aromatic heterocycles. The van der Waals surface area contributed by atoms with E-state index in [0.29, 0.717) is 19.5 Å². The van der Waals surface area contributed by atoms with Crippen molar-refractivity contribution in [1.82, 2.24) is 15.6 Å². The Kier molecular flexibility index (Phi) is 4.68. The van der Waals surface area contributed by atoms with E-state index in [9.17, 15) is 9.90 Å². The zero-order valence-electron chi connectivity index (χ0n) is 10.5. The lowest BCUT2D eigenvalue weighted by Gasteiger charge is -2.13. The summed E-state index contributed by atoms with van der Waals surface area (Å²) in [5, 5.41) is 18.6. The molecule has 1 aliphatic heterocycles. The largest absolute Gasteiger partial charge is 0.391 e. The minimum absolute atomic E-state index is 0.0259. The number of hydrogen-bond donors (Lipinski definition) is 3. The first-order chi connectivity index (χ1) is 8.69. The maximum absolute atomic E-state index is 11.7. The van der Waals surface area contributed by atoms with Gasteiger partial charge in [0.2, 0.25) is 5.91 Å². The predicted molar refractivity (Wildman–Crippen MR) is 70.6 cm³/mol. The molecule has 0 spiro atoms. The molecule has 0 aromatic carbocycles. The van der Waals surface area contributed by atoms with E-state index in [2.05, 4.69) is 22.5 Å². The summed E-state index contributed by atoms with van der Waals surface area (Å²) in [6.07, 6.45) is 0.884. The summed E-state index contributed by atoms with van der Waals surface area (Å²) in [5.41, 5.74) is 0.833. The van der Waals surface area contributed by atoms with Crippen molar-refractivity contribution in [3.63, 3.8) is 0 Å². The average molecular weight is 269 g/mol. The Morgan fingerprint density at radius 1 is 1.67 bits per heavy atom. The van der Waals surface area contributed by atoms with Crippen LogP contribution in [0.1, 0.15) is 17.6 Å². The van der Waals surface area contributed by atoms with E-state index in [-0.39, 0.29) is 17.9 Å². The molecule has 2 atom stereocenters. The van der Waals surface area contributed by atoms with Crippen LogP contribution in [0, 0.1) is 5.92 Å². The number of aryl methyl sites for hydroxylation is 1. The van der Waals surface area contributed by atoms with Crippen LogP contribution in [-0.4, -0.2) is 41.7 Å². The molecule has 0 saturated carbocycles. The van der Waals surface area contributed by atoms with Gasteiger partial charge in [0.15, 0.2) is 0 Å². The van der Waals surface area contributed by atoms with E-state index < -0.39 is 0 Å². The van der Waals surface area contributed by atoms with Crippen molar-refractivity contribution in [2.45, 2.75) is 25.9 Å². The monoisotopic (exact) mass is 269 g/mol. The van der Waals surface area contributed by atoms with Gasteiger partial charge in [0.05, 0.1) is 23.2 Å². The van der Waals surface area contributed by atoms with E-state index in [1.54, 1.807) is 11.3 Å². The number of carbonyl (C=O) groups is 1. The Bertz CT molecular complexity index is 408. The van der Waals surface area contributed by atoms with Crippen molar-refractivity contribution >= 4 is 17.2 Å². The van der Waals surface area contributed by atoms with Gasteiger partial charge in [-0.25, -0.2) is 4.98 Å². The summed E-state index contributed by atoms with van der Waals surface area (Å²) in [5.74, 6) is 0.0950. The van der Waals surface area contributed by atoms with Crippen LogP contribution in [0.2, 0.25) is 0 Å². The molecule has 0 bridgehead atoms. The van der Waals surface area contributed by atoms with Crippen LogP contribution in [0.25, 0.3) is 0 Å². The fourth-order valence-corrected chi connectivity index (χ4v) is 2.74. The van der Waals surface area contributed by atoms with Crippen molar-refractivity contribution in [3.8, 4) is 0 Å². The molecule has 2 rings (SSSR count). The lowest BCUT2D eigenvalue weighted by Crippen LogP contribution is -2.35. The molecule has 2 heterocycles. The molecule has 0 radical (unpaired) electrons. The molecule has 18 heavy (non-hydrogen) atoms. The van der Waals surface area contributed by atoms with Gasteiger partial charge in [0, 0.05) is 30.9 Å². The molecule has 1 aromatic rings. The third-order valence-corrected chi connectivity index (χ3v) is 4.15. The van der Waals surface area contributed by atoms with E-state index in [0.717, 1.165) is 23.7 Å². The van der Waals surface area contributed by atoms with Crippen LogP contribution >= 0.6 is 11.3 Å². The number of amides is 1. The number of thiazole rings is 1. The van der Waals surface area contributed by atoms with Gasteiger partial charge < -0.3 is 15.7 Å². The van der Waals surface area contributed by atoms with Crippen molar-refractivity contribution in [2.75, 3.05) is 19.6 Å². The van der Waals surface area contributed by atoms with Gasteiger partial charge in [-0.1, -0.05) is 6.92 Å². The highest BCUT2D eigenvalue weighted by Gasteiger charge is 2.24. The lowest BCUT2D eigenvalue weighted by atomic mass is 10.1. The van der Waals surface area contributed by atoms with Gasteiger partial charge in [-0.2, -0.15) is 0 Å². The number of β-amino-alcohol motifs (C(OH)–C–C–N with tert-alkyl or cyclic N) is 1. The smallest absolute Gasteiger partial charge is 0.226 e. The van der Waals surface area contributed by atoms with E-state index in [1.165, 1.54) is 0 Å². The molecular formula is C12H19N3O2S. The van der Waals surface area contributed by atoms with Crippen LogP contribution in [-0.2, 0) is 17.6 Å². The summed E-state index contributed by atoms with van der Waals surface area (Å²) in [4.78, 5) is 16.1. The van der Waals surface area contributed by atoms with Crippen molar-refractivity contribution in [2.24, 2.45) is 5.92 Å². The van der Waals surface area contributed by atoms with Gasteiger partial charge in [-0.3, -0.25) is 4.79 Å². The first-order valence-electron chi connectivity index (χ1n) is 6.27. The zero-order chi connectivity index (χ0) is 13.0. The summed E-state index contributed by atoms with van der Waals surface area (Å²) in [6, 6.07) is 0. The zero-order valence-corrected chi connectivity index (χ0v) is 11.3. The number of hydrogen-bond acceptors (Lipinski definition) is 5. The molecule has 2 unspecified atom stereocenters. The average Bonchev–Trinajstić information content (AvgIpc) is 2.96. The quantitative estimate of drug-likeness (QED) is 0.700. The highest BCUT2D eigenvalue weighted by atomic mass is 32.1. The normalized spacial score (nSPS) is 23.2. The maximum atomic E-state index is 11.7. The first kappa shape index (κ1) is 13.5. The third-order valence-electron chi connectivity index (χ3n) is 3.11. The second-order valence-corrected chi connectivity index (χ2v) is 5.50. The fraction of sp³-hybridized carbons (Fsp3) is 0.667. The summed E-state index contributed by atoms with van der Waals surface area (Å²) in [7, 11) is 0. The van der Waals surface area contributed by atoms with Crippen LogP contribution in [0.5, 0.6) is 0 Å². The van der Waals surface area contributed by atoms with E-state index in [4.69, 9.17) is 0 Å². The fourth-order valence-electron chi connectivity index (χ4n) is 1.99. The van der Waals surface area contributed by atoms with Gasteiger partial charge in [-0.15, -0.1) is 11.3 Å². The minimum Gasteiger partial charge on any atom is -0.391 e. The number of nitrogens with zero attached hydrogens (tertiary/aromatic N) is 1. The Labute approximate surface area is 111 Å². The number of carbonyl (C=O) groups excluding carboxylic acids is 1. The topological polar surface area (TPSA) is 74.2 Å². The van der Waals surface area contributed by atoms with Crippen LogP contribution in [0.15, 0.2) is 5.38 Å². The molecule has 0 aliphatic carbocycles. The van der Waals surface area contributed by atoms with E-state index in [1.807, 2.05) is 5.38 Å². The van der Waals surface area contributed by atoms with Crippen LogP contribution in [0.3, 0.4) is 0 Å². The number of aromatic nitrogens is 1. The maximum Gasteiger partial charge on any atom is 0.226 e.